The smallest absolute Gasteiger partial charge is 0.306 e. The summed E-state index contributed by atoms with van der Waals surface area (Å²) in [5.74, 6) is -1.21. The highest BCUT2D eigenvalue weighted by atomic mass is 16.4. The number of aliphatic carboxylic acids is 1. The van der Waals surface area contributed by atoms with Crippen LogP contribution in [-0.4, -0.2) is 49.1 Å². The van der Waals surface area contributed by atoms with Gasteiger partial charge in [0.1, 0.15) is 0 Å². The zero-order chi connectivity index (χ0) is 15.7. The maximum absolute atomic E-state index is 11.5. The normalized spacial score (nSPS) is 21.6. The van der Waals surface area contributed by atoms with Crippen LogP contribution in [0.4, 0.5) is 0 Å². The van der Waals surface area contributed by atoms with E-state index in [1.165, 1.54) is 6.92 Å². The number of hydrogen-bond acceptors (Lipinski definition) is 4. The molecule has 2 unspecified atom stereocenters. The molecule has 0 heterocycles. The molecule has 0 aromatic rings. The zero-order valence-electron chi connectivity index (χ0n) is 12.5. The monoisotopic (exact) mass is 299 g/mol. The van der Waals surface area contributed by atoms with Crippen LogP contribution >= 0.6 is 0 Å². The van der Waals surface area contributed by atoms with Crippen LogP contribution in [0.5, 0.6) is 0 Å². The Labute approximate surface area is 124 Å². The van der Waals surface area contributed by atoms with Crippen LogP contribution in [-0.2, 0) is 14.4 Å². The van der Waals surface area contributed by atoms with Gasteiger partial charge in [-0.3, -0.25) is 14.4 Å². The van der Waals surface area contributed by atoms with E-state index in [1.54, 1.807) is 0 Å². The Bertz CT molecular complexity index is 373. The van der Waals surface area contributed by atoms with Gasteiger partial charge in [0.2, 0.25) is 11.8 Å². The topological polar surface area (TPSA) is 108 Å². The fourth-order valence-electron chi connectivity index (χ4n) is 2.65. The fraction of sp³-hybridized carbons (Fsp3) is 0.786. The first kappa shape index (κ1) is 17.4. The van der Waals surface area contributed by atoms with Gasteiger partial charge in [-0.15, -0.1) is 0 Å². The van der Waals surface area contributed by atoms with Crippen LogP contribution in [0, 0.1) is 11.8 Å². The second-order valence-corrected chi connectivity index (χ2v) is 5.45. The van der Waals surface area contributed by atoms with Crippen molar-refractivity contribution in [1.29, 1.82) is 0 Å². The van der Waals surface area contributed by atoms with Gasteiger partial charge >= 0.3 is 5.97 Å². The van der Waals surface area contributed by atoms with E-state index in [1.807, 2.05) is 0 Å². The Morgan fingerprint density at radius 3 is 2.43 bits per heavy atom. The van der Waals surface area contributed by atoms with Crippen molar-refractivity contribution in [2.75, 3.05) is 26.2 Å². The summed E-state index contributed by atoms with van der Waals surface area (Å²) in [4.78, 5) is 33.3. The zero-order valence-corrected chi connectivity index (χ0v) is 12.5. The summed E-state index contributed by atoms with van der Waals surface area (Å²) in [6, 6.07) is 0. The number of rotatable bonds is 8. The third-order valence-corrected chi connectivity index (χ3v) is 3.74. The highest BCUT2D eigenvalue weighted by Gasteiger charge is 2.30. The van der Waals surface area contributed by atoms with E-state index < -0.39 is 5.97 Å². The Hall–Kier alpha value is -1.63. The predicted octanol–water partition coefficient (Wildman–Crippen LogP) is -0.281. The van der Waals surface area contributed by atoms with Gasteiger partial charge in [-0.25, -0.2) is 0 Å². The summed E-state index contributed by atoms with van der Waals surface area (Å²) in [7, 11) is 0. The van der Waals surface area contributed by atoms with Gasteiger partial charge in [-0.05, 0) is 25.3 Å². The lowest BCUT2D eigenvalue weighted by Crippen LogP contribution is -2.41. The third kappa shape index (κ3) is 7.08. The van der Waals surface area contributed by atoms with Gasteiger partial charge in [0, 0.05) is 20.0 Å². The Balaban J connectivity index is 2.15. The molecule has 1 aliphatic rings. The second kappa shape index (κ2) is 9.33. The van der Waals surface area contributed by atoms with Gasteiger partial charge < -0.3 is 21.1 Å². The Morgan fingerprint density at radius 2 is 1.76 bits per heavy atom. The largest absolute Gasteiger partial charge is 0.481 e. The molecular weight excluding hydrogens is 274 g/mol. The van der Waals surface area contributed by atoms with E-state index in [9.17, 15) is 14.4 Å². The van der Waals surface area contributed by atoms with Gasteiger partial charge in [0.15, 0.2) is 0 Å². The molecule has 1 fully saturated rings. The van der Waals surface area contributed by atoms with Crippen LogP contribution in [0.15, 0.2) is 0 Å². The Kier molecular flexibility index (Phi) is 7.74. The van der Waals surface area contributed by atoms with Crippen LogP contribution in [0.1, 0.15) is 32.6 Å². The van der Waals surface area contributed by atoms with Crippen LogP contribution < -0.4 is 16.0 Å². The molecule has 2 amide bonds. The highest BCUT2D eigenvalue weighted by molar-refractivity contribution is 5.78. The highest BCUT2D eigenvalue weighted by Crippen LogP contribution is 2.29. The van der Waals surface area contributed by atoms with Gasteiger partial charge in [-0.2, -0.15) is 0 Å². The SMILES string of the molecule is CC(=O)NCCNC(=O)CNCC1CCCCC1C(=O)O. The van der Waals surface area contributed by atoms with Crippen LogP contribution in [0.2, 0.25) is 0 Å². The van der Waals surface area contributed by atoms with Crippen molar-refractivity contribution in [1.82, 2.24) is 16.0 Å². The molecule has 1 aliphatic carbocycles. The number of carbonyl (C=O) groups is 3. The lowest BCUT2D eigenvalue weighted by atomic mass is 9.79. The lowest BCUT2D eigenvalue weighted by molar-refractivity contribution is -0.144. The van der Waals surface area contributed by atoms with Crippen molar-refractivity contribution in [2.45, 2.75) is 32.6 Å². The summed E-state index contributed by atoms with van der Waals surface area (Å²) >= 11 is 0. The van der Waals surface area contributed by atoms with Gasteiger partial charge in [0.25, 0.3) is 0 Å². The molecule has 0 saturated heterocycles. The van der Waals surface area contributed by atoms with E-state index in [0.29, 0.717) is 19.6 Å². The number of nitrogens with one attached hydrogen (secondary N) is 3. The minimum atomic E-state index is -0.735. The van der Waals surface area contributed by atoms with Crippen molar-refractivity contribution in [3.63, 3.8) is 0 Å². The van der Waals surface area contributed by atoms with Gasteiger partial charge in [-0.1, -0.05) is 12.8 Å². The molecule has 0 aromatic carbocycles. The summed E-state index contributed by atoms with van der Waals surface area (Å²) in [5, 5.41) is 17.5. The molecule has 7 heteroatoms. The first-order valence-electron chi connectivity index (χ1n) is 7.45. The average Bonchev–Trinajstić information content (AvgIpc) is 2.44. The van der Waals surface area contributed by atoms with Gasteiger partial charge in [0.05, 0.1) is 12.5 Å². The molecular formula is C14H25N3O4. The van der Waals surface area contributed by atoms with E-state index in [-0.39, 0.29) is 30.2 Å². The molecule has 1 rings (SSSR count). The van der Waals surface area contributed by atoms with Crippen molar-refractivity contribution in [3.8, 4) is 0 Å². The van der Waals surface area contributed by atoms with E-state index >= 15 is 0 Å². The quantitative estimate of drug-likeness (QED) is 0.461. The maximum atomic E-state index is 11.5. The van der Waals surface area contributed by atoms with E-state index in [2.05, 4.69) is 16.0 Å². The van der Waals surface area contributed by atoms with Crippen molar-refractivity contribution >= 4 is 17.8 Å². The third-order valence-electron chi connectivity index (χ3n) is 3.74. The molecule has 1 saturated carbocycles. The summed E-state index contributed by atoms with van der Waals surface area (Å²) in [6.45, 7) is 2.94. The summed E-state index contributed by atoms with van der Waals surface area (Å²) < 4.78 is 0. The number of amides is 2. The number of carboxylic acids is 1. The molecule has 4 N–H and O–H groups in total. The van der Waals surface area contributed by atoms with Crippen LogP contribution in [0.25, 0.3) is 0 Å². The predicted molar refractivity (Wildman–Crippen MR) is 77.6 cm³/mol. The van der Waals surface area contributed by atoms with Crippen LogP contribution in [0.3, 0.4) is 0 Å². The first-order chi connectivity index (χ1) is 10.0. The number of carboxylic acid groups (broad SMARTS) is 1. The van der Waals surface area contributed by atoms with Crippen molar-refractivity contribution in [2.24, 2.45) is 11.8 Å². The molecule has 0 aromatic heterocycles. The second-order valence-electron chi connectivity index (χ2n) is 5.45. The lowest BCUT2D eigenvalue weighted by Gasteiger charge is -2.28. The minimum absolute atomic E-state index is 0.100. The minimum Gasteiger partial charge on any atom is -0.481 e. The maximum Gasteiger partial charge on any atom is 0.306 e. The summed E-state index contributed by atoms with van der Waals surface area (Å²) in [6.07, 6.45) is 3.65. The molecule has 21 heavy (non-hydrogen) atoms. The van der Waals surface area contributed by atoms with Crippen molar-refractivity contribution < 1.29 is 19.5 Å². The standard InChI is InChI=1S/C14H25N3O4/c1-10(18)16-6-7-17-13(19)9-15-8-11-4-2-3-5-12(11)14(20)21/h11-12,15H,2-9H2,1H3,(H,16,18)(H,17,19)(H,20,21). The molecule has 2 atom stereocenters. The molecule has 7 nitrogen and oxygen atoms in total. The number of carbonyl (C=O) groups excluding carboxylic acids is 2. The number of hydrogen-bond donors (Lipinski definition) is 4. The molecule has 120 valence electrons. The molecule has 0 bridgehead atoms. The first-order valence-corrected chi connectivity index (χ1v) is 7.45. The Morgan fingerprint density at radius 1 is 1.10 bits per heavy atom. The molecule has 0 aliphatic heterocycles. The molecule has 0 spiro atoms. The summed E-state index contributed by atoms with van der Waals surface area (Å²) in [5.41, 5.74) is 0. The average molecular weight is 299 g/mol. The van der Waals surface area contributed by atoms with Crippen molar-refractivity contribution in [3.05, 3.63) is 0 Å². The molecule has 0 radical (unpaired) electrons. The fourth-order valence-corrected chi connectivity index (χ4v) is 2.65. The van der Waals surface area contributed by atoms with E-state index in [4.69, 9.17) is 5.11 Å². The van der Waals surface area contributed by atoms with E-state index in [0.717, 1.165) is 25.7 Å².